The van der Waals surface area contributed by atoms with E-state index < -0.39 is 0 Å². The molecule has 0 radical (unpaired) electrons. The number of amides is 1. The molecule has 1 aliphatic carbocycles. The van der Waals surface area contributed by atoms with Gasteiger partial charge in [0.05, 0.1) is 11.6 Å². The van der Waals surface area contributed by atoms with Crippen molar-refractivity contribution >= 4 is 5.91 Å². The monoisotopic (exact) mass is 242 g/mol. The molecule has 1 saturated carbocycles. The third-order valence-corrected chi connectivity index (χ3v) is 3.43. The average Bonchev–Trinajstić information content (AvgIpc) is 2.26. The number of carbonyl (C=O) groups excluding carboxylic acids is 1. The highest BCUT2D eigenvalue weighted by molar-refractivity contribution is 5.78. The molecule has 17 heavy (non-hydrogen) atoms. The van der Waals surface area contributed by atoms with Crippen LogP contribution < -0.4 is 11.1 Å². The number of ether oxygens (including phenoxy) is 1. The van der Waals surface area contributed by atoms with Crippen LogP contribution in [-0.2, 0) is 9.53 Å². The summed E-state index contributed by atoms with van der Waals surface area (Å²) in [5, 5.41) is 3.08. The van der Waals surface area contributed by atoms with Crippen LogP contribution in [0.3, 0.4) is 0 Å². The molecule has 0 heterocycles. The van der Waals surface area contributed by atoms with Crippen LogP contribution in [0, 0.1) is 5.92 Å². The maximum absolute atomic E-state index is 11.8. The molecule has 4 heteroatoms. The van der Waals surface area contributed by atoms with E-state index >= 15 is 0 Å². The Morgan fingerprint density at radius 2 is 2.29 bits per heavy atom. The lowest BCUT2D eigenvalue weighted by atomic mass is 9.76. The van der Waals surface area contributed by atoms with Gasteiger partial charge >= 0.3 is 0 Å². The predicted molar refractivity (Wildman–Crippen MR) is 68.6 cm³/mol. The lowest BCUT2D eigenvalue weighted by Crippen LogP contribution is -2.56. The van der Waals surface area contributed by atoms with Crippen LogP contribution in [0.1, 0.15) is 46.5 Å². The molecule has 3 N–H and O–H groups in total. The van der Waals surface area contributed by atoms with E-state index in [1.807, 2.05) is 13.8 Å². The number of carbonyl (C=O) groups is 1. The maximum atomic E-state index is 11.8. The zero-order valence-corrected chi connectivity index (χ0v) is 11.3. The molecule has 1 aliphatic rings. The van der Waals surface area contributed by atoms with Crippen LogP contribution in [0.2, 0.25) is 0 Å². The number of nitrogens with two attached hydrogens (primary N) is 1. The van der Waals surface area contributed by atoms with Crippen LogP contribution in [0.25, 0.3) is 0 Å². The minimum absolute atomic E-state index is 0.0433. The van der Waals surface area contributed by atoms with Crippen molar-refractivity contribution in [3.05, 3.63) is 0 Å². The van der Waals surface area contributed by atoms with Gasteiger partial charge in [-0.05, 0) is 32.6 Å². The molecule has 1 amide bonds. The SMILES string of the molecule is CC1CCCC(CN)(NC(=O)COC(C)C)C1. The third kappa shape index (κ3) is 4.64. The molecular formula is C13H26N2O2. The Kier molecular flexibility index (Phi) is 5.40. The first-order valence-corrected chi connectivity index (χ1v) is 6.60. The van der Waals surface area contributed by atoms with E-state index in [-0.39, 0.29) is 24.2 Å². The highest BCUT2D eigenvalue weighted by Crippen LogP contribution is 2.31. The second-order valence-electron chi connectivity index (χ2n) is 5.59. The van der Waals surface area contributed by atoms with Gasteiger partial charge in [0.1, 0.15) is 6.61 Å². The van der Waals surface area contributed by atoms with E-state index in [0.29, 0.717) is 12.5 Å². The highest BCUT2D eigenvalue weighted by Gasteiger charge is 2.34. The lowest BCUT2D eigenvalue weighted by Gasteiger charge is -2.40. The van der Waals surface area contributed by atoms with Crippen LogP contribution >= 0.6 is 0 Å². The second kappa shape index (κ2) is 6.36. The van der Waals surface area contributed by atoms with Crippen LogP contribution in [0.5, 0.6) is 0 Å². The largest absolute Gasteiger partial charge is 0.369 e. The third-order valence-electron chi connectivity index (χ3n) is 3.43. The minimum Gasteiger partial charge on any atom is -0.369 e. The molecule has 0 aromatic rings. The fourth-order valence-corrected chi connectivity index (χ4v) is 2.58. The van der Waals surface area contributed by atoms with Gasteiger partial charge in [-0.2, -0.15) is 0 Å². The molecule has 0 aliphatic heterocycles. The Balaban J connectivity index is 2.47. The van der Waals surface area contributed by atoms with Gasteiger partial charge in [0.2, 0.25) is 5.91 Å². The summed E-state index contributed by atoms with van der Waals surface area (Å²) in [7, 11) is 0. The molecular weight excluding hydrogens is 216 g/mol. The zero-order valence-electron chi connectivity index (χ0n) is 11.3. The lowest BCUT2D eigenvalue weighted by molar-refractivity contribution is -0.129. The van der Waals surface area contributed by atoms with E-state index in [4.69, 9.17) is 10.5 Å². The van der Waals surface area contributed by atoms with E-state index in [1.165, 1.54) is 6.42 Å². The van der Waals surface area contributed by atoms with Crippen molar-refractivity contribution in [1.29, 1.82) is 0 Å². The van der Waals surface area contributed by atoms with Crippen molar-refractivity contribution < 1.29 is 9.53 Å². The number of rotatable bonds is 5. The summed E-state index contributed by atoms with van der Waals surface area (Å²) in [6, 6.07) is 0. The predicted octanol–water partition coefficient (Wildman–Crippen LogP) is 1.44. The molecule has 2 atom stereocenters. The van der Waals surface area contributed by atoms with Crippen molar-refractivity contribution in [2.75, 3.05) is 13.2 Å². The summed E-state index contributed by atoms with van der Waals surface area (Å²) < 4.78 is 5.31. The Morgan fingerprint density at radius 3 is 2.82 bits per heavy atom. The van der Waals surface area contributed by atoms with Gasteiger partial charge in [-0.15, -0.1) is 0 Å². The summed E-state index contributed by atoms with van der Waals surface area (Å²) in [5.41, 5.74) is 5.65. The van der Waals surface area contributed by atoms with Gasteiger partial charge in [-0.1, -0.05) is 19.8 Å². The highest BCUT2D eigenvalue weighted by atomic mass is 16.5. The summed E-state index contributed by atoms with van der Waals surface area (Å²) in [5.74, 6) is 0.594. The number of hydrogen-bond acceptors (Lipinski definition) is 3. The Bertz CT molecular complexity index is 256. The van der Waals surface area contributed by atoms with Crippen molar-refractivity contribution in [3.8, 4) is 0 Å². The molecule has 0 aromatic carbocycles. The number of nitrogens with one attached hydrogen (secondary N) is 1. The summed E-state index contributed by atoms with van der Waals surface area (Å²) >= 11 is 0. The van der Waals surface area contributed by atoms with E-state index in [2.05, 4.69) is 12.2 Å². The van der Waals surface area contributed by atoms with Crippen molar-refractivity contribution in [2.24, 2.45) is 11.7 Å². The first-order valence-electron chi connectivity index (χ1n) is 6.60. The summed E-state index contributed by atoms with van der Waals surface area (Å²) in [4.78, 5) is 11.8. The van der Waals surface area contributed by atoms with Gasteiger partial charge in [0.25, 0.3) is 0 Å². The normalized spacial score (nSPS) is 29.4. The van der Waals surface area contributed by atoms with Crippen LogP contribution in [0.15, 0.2) is 0 Å². The maximum Gasteiger partial charge on any atom is 0.246 e. The van der Waals surface area contributed by atoms with Crippen molar-refractivity contribution in [1.82, 2.24) is 5.32 Å². The Labute approximate surface area is 104 Å². The van der Waals surface area contributed by atoms with E-state index in [0.717, 1.165) is 19.3 Å². The molecule has 0 aromatic heterocycles. The molecule has 2 unspecified atom stereocenters. The van der Waals surface area contributed by atoms with Crippen molar-refractivity contribution in [2.45, 2.75) is 58.1 Å². The minimum atomic E-state index is -0.199. The number of hydrogen-bond donors (Lipinski definition) is 2. The van der Waals surface area contributed by atoms with Crippen molar-refractivity contribution in [3.63, 3.8) is 0 Å². The van der Waals surface area contributed by atoms with Gasteiger partial charge in [-0.25, -0.2) is 0 Å². The van der Waals surface area contributed by atoms with Gasteiger partial charge in [0.15, 0.2) is 0 Å². The van der Waals surface area contributed by atoms with E-state index in [1.54, 1.807) is 0 Å². The van der Waals surface area contributed by atoms with Gasteiger partial charge in [0, 0.05) is 6.54 Å². The zero-order chi connectivity index (χ0) is 12.9. The standard InChI is InChI=1S/C13H26N2O2/c1-10(2)17-8-12(16)15-13(9-14)6-4-5-11(3)7-13/h10-11H,4-9,14H2,1-3H3,(H,15,16). The van der Waals surface area contributed by atoms with Crippen LogP contribution in [0.4, 0.5) is 0 Å². The molecule has 1 fully saturated rings. The molecule has 0 spiro atoms. The van der Waals surface area contributed by atoms with Gasteiger partial charge in [-0.3, -0.25) is 4.79 Å². The summed E-state index contributed by atoms with van der Waals surface area (Å²) in [6.07, 6.45) is 4.43. The molecule has 100 valence electrons. The van der Waals surface area contributed by atoms with Crippen LogP contribution in [-0.4, -0.2) is 30.7 Å². The first kappa shape index (κ1) is 14.5. The van der Waals surface area contributed by atoms with Gasteiger partial charge < -0.3 is 15.8 Å². The fourth-order valence-electron chi connectivity index (χ4n) is 2.58. The molecule has 0 saturated heterocycles. The smallest absolute Gasteiger partial charge is 0.246 e. The Morgan fingerprint density at radius 1 is 1.59 bits per heavy atom. The second-order valence-corrected chi connectivity index (χ2v) is 5.59. The molecule has 1 rings (SSSR count). The quantitative estimate of drug-likeness (QED) is 0.766. The summed E-state index contributed by atoms with van der Waals surface area (Å²) in [6.45, 7) is 6.72. The fraction of sp³-hybridized carbons (Fsp3) is 0.923. The molecule has 4 nitrogen and oxygen atoms in total. The average molecular weight is 242 g/mol. The van der Waals surface area contributed by atoms with E-state index in [9.17, 15) is 4.79 Å². The Hall–Kier alpha value is -0.610. The molecule has 0 bridgehead atoms. The first-order chi connectivity index (χ1) is 7.97. The topological polar surface area (TPSA) is 64.3 Å².